The van der Waals surface area contributed by atoms with Gasteiger partial charge in [-0.15, -0.1) is 5.10 Å². The number of hydrogen-bond donors (Lipinski definition) is 1. The van der Waals surface area contributed by atoms with Crippen molar-refractivity contribution in [3.8, 4) is 5.88 Å². The molecule has 88 valence electrons. The van der Waals surface area contributed by atoms with Gasteiger partial charge < -0.3 is 9.84 Å². The summed E-state index contributed by atoms with van der Waals surface area (Å²) in [5.41, 5.74) is 0.913. The molecule has 1 aliphatic rings. The highest BCUT2D eigenvalue weighted by Gasteiger charge is 2.21. The lowest BCUT2D eigenvalue weighted by molar-refractivity contribution is 0.0567. The smallest absolute Gasteiger partial charge is 0.234 e. The van der Waals surface area contributed by atoms with Crippen LogP contribution in [0.15, 0.2) is 12.3 Å². The Morgan fingerprint density at radius 2 is 2.12 bits per heavy atom. The van der Waals surface area contributed by atoms with E-state index >= 15 is 0 Å². The highest BCUT2D eigenvalue weighted by atomic mass is 16.5. The third kappa shape index (κ3) is 2.70. The Labute approximate surface area is 95.7 Å². The Balaban J connectivity index is 1.89. The van der Waals surface area contributed by atoms with Crippen molar-refractivity contribution in [3.05, 3.63) is 17.8 Å². The first-order valence-corrected chi connectivity index (χ1v) is 5.82. The molecule has 0 bridgehead atoms. The van der Waals surface area contributed by atoms with Crippen LogP contribution in [-0.4, -0.2) is 28.5 Å². The van der Waals surface area contributed by atoms with Gasteiger partial charge in [0.2, 0.25) is 5.88 Å². The van der Waals surface area contributed by atoms with E-state index in [-0.39, 0.29) is 5.88 Å². The molecule has 0 radical (unpaired) electrons. The third-order valence-corrected chi connectivity index (χ3v) is 3.42. The molecule has 2 rings (SSSR count). The Hall–Kier alpha value is -1.16. The topological polar surface area (TPSA) is 55.2 Å². The second-order valence-electron chi connectivity index (χ2n) is 4.46. The van der Waals surface area contributed by atoms with Crippen LogP contribution in [0.25, 0.3) is 0 Å². The van der Waals surface area contributed by atoms with E-state index in [0.29, 0.717) is 12.0 Å². The molecule has 16 heavy (non-hydrogen) atoms. The number of ether oxygens (including phenoxy) is 1. The third-order valence-electron chi connectivity index (χ3n) is 3.42. The fourth-order valence-electron chi connectivity index (χ4n) is 2.39. The average Bonchev–Trinajstić information content (AvgIpc) is 2.33. The van der Waals surface area contributed by atoms with E-state index in [2.05, 4.69) is 10.2 Å². The van der Waals surface area contributed by atoms with Crippen molar-refractivity contribution in [2.75, 3.05) is 7.11 Å². The maximum Gasteiger partial charge on any atom is 0.234 e. The summed E-state index contributed by atoms with van der Waals surface area (Å²) in [5.74, 6) is 0.720. The summed E-state index contributed by atoms with van der Waals surface area (Å²) in [4.78, 5) is 0. The zero-order valence-corrected chi connectivity index (χ0v) is 9.59. The van der Waals surface area contributed by atoms with Crippen LogP contribution in [0, 0.1) is 5.92 Å². The zero-order chi connectivity index (χ0) is 11.4. The zero-order valence-electron chi connectivity index (χ0n) is 9.59. The number of hydrogen-bond acceptors (Lipinski definition) is 4. The summed E-state index contributed by atoms with van der Waals surface area (Å²) in [6.45, 7) is 0. The molecule has 1 aliphatic carbocycles. The average molecular weight is 222 g/mol. The van der Waals surface area contributed by atoms with E-state index in [0.717, 1.165) is 24.8 Å². The lowest BCUT2D eigenvalue weighted by Gasteiger charge is -2.27. The van der Waals surface area contributed by atoms with Crippen LogP contribution in [0.5, 0.6) is 5.88 Å². The van der Waals surface area contributed by atoms with Crippen molar-refractivity contribution in [2.45, 2.75) is 38.2 Å². The van der Waals surface area contributed by atoms with Crippen LogP contribution in [0.3, 0.4) is 0 Å². The molecule has 0 unspecified atom stereocenters. The SMILES string of the molecule is COC1CCC(Cc2ccnnc2O)CC1. The fraction of sp³-hybridized carbons (Fsp3) is 0.667. The standard InChI is InChI=1S/C12H18N2O2/c1-16-11-4-2-9(3-5-11)8-10-6-7-13-14-12(10)15/h6-7,9,11H,2-5,8H2,1H3,(H,14,15). The van der Waals surface area contributed by atoms with Gasteiger partial charge in [-0.3, -0.25) is 0 Å². The summed E-state index contributed by atoms with van der Waals surface area (Å²) in [5, 5.41) is 16.8. The van der Waals surface area contributed by atoms with Gasteiger partial charge in [-0.1, -0.05) is 0 Å². The van der Waals surface area contributed by atoms with Crippen molar-refractivity contribution in [3.63, 3.8) is 0 Å². The maximum absolute atomic E-state index is 9.54. The summed E-state index contributed by atoms with van der Waals surface area (Å²) < 4.78 is 5.34. The molecule has 1 aromatic rings. The number of aromatic hydroxyl groups is 1. The Morgan fingerprint density at radius 3 is 2.75 bits per heavy atom. The highest BCUT2D eigenvalue weighted by Crippen LogP contribution is 2.29. The van der Waals surface area contributed by atoms with Gasteiger partial charge in [-0.05, 0) is 44.1 Å². The van der Waals surface area contributed by atoms with Crippen LogP contribution in [0.2, 0.25) is 0 Å². The Bertz CT molecular complexity index is 336. The van der Waals surface area contributed by atoms with E-state index in [1.807, 2.05) is 6.07 Å². The predicted molar refractivity (Wildman–Crippen MR) is 60.2 cm³/mol. The Morgan fingerprint density at radius 1 is 1.38 bits per heavy atom. The minimum atomic E-state index is 0.0800. The molecule has 0 spiro atoms. The molecule has 0 aliphatic heterocycles. The van der Waals surface area contributed by atoms with E-state index in [1.165, 1.54) is 12.8 Å². The molecular weight excluding hydrogens is 204 g/mol. The molecule has 4 nitrogen and oxygen atoms in total. The number of rotatable bonds is 3. The van der Waals surface area contributed by atoms with Crippen LogP contribution in [0.4, 0.5) is 0 Å². The van der Waals surface area contributed by atoms with Gasteiger partial charge in [-0.25, -0.2) is 0 Å². The quantitative estimate of drug-likeness (QED) is 0.849. The number of nitrogens with zero attached hydrogens (tertiary/aromatic N) is 2. The second-order valence-corrected chi connectivity index (χ2v) is 4.46. The summed E-state index contributed by atoms with van der Waals surface area (Å²) in [6, 6.07) is 1.85. The lowest BCUT2D eigenvalue weighted by Crippen LogP contribution is -2.21. The largest absolute Gasteiger partial charge is 0.492 e. The summed E-state index contributed by atoms with van der Waals surface area (Å²) >= 11 is 0. The Kier molecular flexibility index (Phi) is 3.72. The van der Waals surface area contributed by atoms with E-state index in [9.17, 15) is 5.11 Å². The first-order chi connectivity index (χ1) is 7.79. The fourth-order valence-corrected chi connectivity index (χ4v) is 2.39. The maximum atomic E-state index is 9.54. The van der Waals surface area contributed by atoms with E-state index in [1.54, 1.807) is 13.3 Å². The molecule has 1 saturated carbocycles. The molecular formula is C12H18N2O2. The molecule has 0 aromatic carbocycles. The molecule has 1 heterocycles. The highest BCUT2D eigenvalue weighted by molar-refractivity contribution is 5.22. The van der Waals surface area contributed by atoms with Crippen LogP contribution >= 0.6 is 0 Å². The lowest BCUT2D eigenvalue weighted by atomic mass is 9.83. The minimum Gasteiger partial charge on any atom is -0.492 e. The van der Waals surface area contributed by atoms with E-state index < -0.39 is 0 Å². The van der Waals surface area contributed by atoms with Crippen LogP contribution in [-0.2, 0) is 11.2 Å². The van der Waals surface area contributed by atoms with Crippen molar-refractivity contribution in [1.82, 2.24) is 10.2 Å². The molecule has 0 amide bonds. The molecule has 1 aromatic heterocycles. The minimum absolute atomic E-state index is 0.0800. The van der Waals surface area contributed by atoms with Gasteiger partial charge in [-0.2, -0.15) is 5.10 Å². The first-order valence-electron chi connectivity index (χ1n) is 5.82. The van der Waals surface area contributed by atoms with E-state index in [4.69, 9.17) is 4.74 Å². The number of methoxy groups -OCH3 is 1. The molecule has 0 atom stereocenters. The molecule has 0 saturated heterocycles. The van der Waals surface area contributed by atoms with Gasteiger partial charge in [0.05, 0.1) is 12.3 Å². The molecule has 4 heteroatoms. The monoisotopic (exact) mass is 222 g/mol. The summed E-state index contributed by atoms with van der Waals surface area (Å²) in [7, 11) is 1.78. The van der Waals surface area contributed by atoms with Gasteiger partial charge in [0.1, 0.15) is 0 Å². The molecule has 1 fully saturated rings. The van der Waals surface area contributed by atoms with Gasteiger partial charge >= 0.3 is 0 Å². The van der Waals surface area contributed by atoms with Crippen molar-refractivity contribution in [1.29, 1.82) is 0 Å². The normalized spacial score (nSPS) is 25.6. The van der Waals surface area contributed by atoms with Crippen LogP contribution in [0.1, 0.15) is 31.2 Å². The van der Waals surface area contributed by atoms with Gasteiger partial charge in [0.15, 0.2) is 0 Å². The second kappa shape index (κ2) is 5.25. The number of aromatic nitrogens is 2. The van der Waals surface area contributed by atoms with Crippen molar-refractivity contribution < 1.29 is 9.84 Å². The van der Waals surface area contributed by atoms with Crippen molar-refractivity contribution >= 4 is 0 Å². The predicted octanol–water partition coefficient (Wildman–Crippen LogP) is 1.93. The molecule has 1 N–H and O–H groups in total. The first kappa shape index (κ1) is 11.3. The van der Waals surface area contributed by atoms with Crippen LogP contribution < -0.4 is 0 Å². The van der Waals surface area contributed by atoms with Crippen molar-refractivity contribution in [2.24, 2.45) is 5.92 Å². The van der Waals surface area contributed by atoms with Gasteiger partial charge in [0, 0.05) is 12.7 Å². The van der Waals surface area contributed by atoms with Gasteiger partial charge in [0.25, 0.3) is 0 Å². The summed E-state index contributed by atoms with van der Waals surface area (Å²) in [6.07, 6.45) is 7.55.